The van der Waals surface area contributed by atoms with Crippen LogP contribution in [-0.2, 0) is 5.41 Å². The second-order valence-corrected chi connectivity index (χ2v) is 42.5. The molecule has 0 saturated heterocycles. The van der Waals surface area contributed by atoms with Gasteiger partial charge in [0.25, 0.3) is 6.71 Å². The predicted molar refractivity (Wildman–Crippen MR) is 517 cm³/mol. The number of hydrogen-bond acceptors (Lipinski definition) is 6. The Bertz CT molecular complexity index is 6090. The summed E-state index contributed by atoms with van der Waals surface area (Å²) in [4.78, 5) is 10.2. The van der Waals surface area contributed by atoms with Gasteiger partial charge in [0.15, 0.2) is 23.0 Å². The average molecular weight is 1630 g/mol. The van der Waals surface area contributed by atoms with Gasteiger partial charge in [0.2, 0.25) is 0 Å². The summed E-state index contributed by atoms with van der Waals surface area (Å²) in [6, 6.07) is 69.0. The van der Waals surface area contributed by atoms with E-state index in [1.165, 1.54) is 82.6 Å². The first-order valence-electron chi connectivity index (χ1n) is 50.9. The number of para-hydroxylation sites is 10. The molecular weight excluding hydrogens is 1500 g/mol. The molecule has 4 unspecified atom stereocenters. The molecule has 0 spiro atoms. The summed E-state index contributed by atoms with van der Waals surface area (Å²) in [6.45, 7) is 21.5. The van der Waals surface area contributed by atoms with Crippen molar-refractivity contribution >= 4 is 124 Å². The van der Waals surface area contributed by atoms with Crippen LogP contribution in [-0.4, -0.2) is 27.9 Å². The van der Waals surface area contributed by atoms with Gasteiger partial charge in [-0.1, -0.05) is 288 Å². The number of nitrogens with zero attached hydrogens (tertiary/aromatic N) is 6. The minimum absolute atomic E-state index is 0.0321. The monoisotopic (exact) mass is 1630 g/mol. The van der Waals surface area contributed by atoms with Crippen LogP contribution in [0.25, 0.3) is 55.0 Å². The Hall–Kier alpha value is -10.1. The quantitative estimate of drug-likeness (QED) is 0.127. The Morgan fingerprint density at radius 1 is 0.317 bits per heavy atom. The molecule has 9 heteroatoms. The van der Waals surface area contributed by atoms with Crippen LogP contribution in [0.15, 0.2) is 230 Å². The zero-order valence-corrected chi connectivity index (χ0v) is 74.0. The largest absolute Gasteiger partial charge is 0.453 e. The van der Waals surface area contributed by atoms with Crippen molar-refractivity contribution in [3.63, 3.8) is 0 Å². The molecule has 2 aromatic heterocycles. The lowest BCUT2D eigenvalue weighted by Crippen LogP contribution is -2.67. The van der Waals surface area contributed by atoms with Gasteiger partial charge in [-0.05, 0) is 256 Å². The van der Waals surface area contributed by atoms with Crippen LogP contribution in [0.2, 0.25) is 0 Å². The van der Waals surface area contributed by atoms with Crippen molar-refractivity contribution in [1.82, 2.24) is 9.13 Å². The minimum atomic E-state index is -0.926. The van der Waals surface area contributed by atoms with Gasteiger partial charge in [0, 0.05) is 79.1 Å². The van der Waals surface area contributed by atoms with E-state index in [-0.39, 0.29) is 82.8 Å². The number of benzene rings is 11. The summed E-state index contributed by atoms with van der Waals surface area (Å²) >= 11 is 0. The highest BCUT2D eigenvalue weighted by Gasteiger charge is 2.57. The predicted octanol–water partition coefficient (Wildman–Crippen LogP) is 30.2. The fraction of sp³-hybridized carbons (Fsp3) is 0.421. The lowest BCUT2D eigenvalue weighted by molar-refractivity contribution is 0.0144. The third-order valence-corrected chi connectivity index (χ3v) is 32.7. The van der Waals surface area contributed by atoms with Crippen molar-refractivity contribution in [2.75, 3.05) is 19.6 Å². The maximum absolute atomic E-state index is 12.3. The first kappa shape index (κ1) is 71.2. The molecule has 4 atom stereocenters. The van der Waals surface area contributed by atoms with Gasteiger partial charge in [0.1, 0.15) is 0 Å². The molecule has 6 aliphatic carbocycles. The Morgan fingerprint density at radius 2 is 0.634 bits per heavy atom. The Balaban J connectivity index is 0.840. The van der Waals surface area contributed by atoms with Gasteiger partial charge >= 0.3 is 0 Å². The molecule has 0 amide bonds. The van der Waals surface area contributed by atoms with Crippen LogP contribution < -0.4 is 45.5 Å². The Morgan fingerprint density at radius 3 is 0.967 bits per heavy atom. The van der Waals surface area contributed by atoms with Gasteiger partial charge in [-0.15, -0.1) is 0 Å². The topological polar surface area (TPSA) is 41.3 Å². The van der Waals surface area contributed by atoms with E-state index in [2.05, 4.69) is 237 Å². The third-order valence-electron chi connectivity index (χ3n) is 32.7. The summed E-state index contributed by atoms with van der Waals surface area (Å²) in [7, 11) is 0. The highest BCUT2D eigenvalue weighted by atomic mass is 16.5. The van der Waals surface area contributed by atoms with Gasteiger partial charge in [-0.2, -0.15) is 0 Å². The van der Waals surface area contributed by atoms with E-state index in [9.17, 15) is 8.22 Å². The lowest BCUT2D eigenvalue weighted by atomic mass is 9.33. The molecule has 626 valence electrons. The van der Waals surface area contributed by atoms with E-state index >= 15 is 0 Å². The smallest absolute Gasteiger partial charge is 0.252 e. The van der Waals surface area contributed by atoms with Crippen LogP contribution in [0.4, 0.5) is 56.9 Å². The van der Waals surface area contributed by atoms with Gasteiger partial charge in [-0.3, -0.25) is 0 Å². The summed E-state index contributed by atoms with van der Waals surface area (Å²) < 4.78 is 89.1. The van der Waals surface area contributed by atoms with Crippen molar-refractivity contribution in [3.8, 4) is 34.4 Å². The number of fused-ring (bicyclic) bond motifs is 14. The molecule has 23 rings (SSSR count). The summed E-state index contributed by atoms with van der Waals surface area (Å²) in [5.41, 5.74) is 16.4. The maximum Gasteiger partial charge on any atom is 0.252 e. The number of aromatic nitrogens is 2. The normalized spacial score (nSPS) is 24.1. The van der Waals surface area contributed by atoms with Crippen LogP contribution in [0.1, 0.15) is 230 Å². The zero-order chi connectivity index (χ0) is 88.1. The maximum atomic E-state index is 12.3. The average Bonchev–Trinajstić information content (AvgIpc) is 1.39. The second-order valence-electron chi connectivity index (χ2n) is 42.5. The molecule has 13 aromatic rings. The molecular formula is C114H125BN6O2. The van der Waals surface area contributed by atoms with Crippen molar-refractivity contribution < 1.29 is 17.7 Å². The fourth-order valence-corrected chi connectivity index (χ4v) is 26.5. The van der Waals surface area contributed by atoms with Crippen molar-refractivity contribution in [3.05, 3.63) is 236 Å². The number of ether oxygens (including phenoxy) is 2. The van der Waals surface area contributed by atoms with E-state index in [4.69, 9.17) is 9.47 Å². The van der Waals surface area contributed by atoms with Crippen molar-refractivity contribution in [1.29, 1.82) is 0 Å². The summed E-state index contributed by atoms with van der Waals surface area (Å²) in [5, 5.41) is 3.91. The first-order valence-corrected chi connectivity index (χ1v) is 47.9. The van der Waals surface area contributed by atoms with Gasteiger partial charge < -0.3 is 38.2 Å². The van der Waals surface area contributed by atoms with Crippen molar-refractivity contribution in [2.24, 2.45) is 70.0 Å². The molecule has 8 nitrogen and oxygen atoms in total. The lowest BCUT2D eigenvalue weighted by Gasteiger charge is -2.59. The van der Waals surface area contributed by atoms with Gasteiger partial charge in [-0.25, -0.2) is 0 Å². The highest BCUT2D eigenvalue weighted by Crippen LogP contribution is 2.62. The second kappa shape index (κ2) is 30.4. The van der Waals surface area contributed by atoms with E-state index in [0.717, 1.165) is 195 Å². The molecule has 6 heterocycles. The first-order chi connectivity index (χ1) is 62.5. The molecule has 10 aliphatic rings. The van der Waals surface area contributed by atoms with Crippen LogP contribution in [0, 0.1) is 70.0 Å². The SMILES string of the molecule is [2H]c1c([2H])c(-n2c3ccccc3c3cc(N4c5ccccc5Oc5ccccc54)ccc32)c([2H])c2c1B1c3c(cc(C(C)(C)C)cc3N(C3C(C4CCCCC4)CC(C(C)(C)C)CC3C3CCCCC3)c3c([2H])c(-n4c5ccccc5c5cc(N6c7ccccc7Oc7ccccc76)ccc54)c([2H])c([2H])c31)N2C1C(C2CCCCC2)CC(C(C)(C)C)CC1C1CCCCC1. The minimum Gasteiger partial charge on any atom is -0.453 e. The van der Waals surface area contributed by atoms with Crippen LogP contribution >= 0.6 is 0 Å². The summed E-state index contributed by atoms with van der Waals surface area (Å²) in [5.74, 6) is 6.61. The van der Waals surface area contributed by atoms with Crippen LogP contribution in [0.3, 0.4) is 0 Å². The number of rotatable bonds is 10. The highest BCUT2D eigenvalue weighted by molar-refractivity contribution is 7.00. The fourth-order valence-electron chi connectivity index (χ4n) is 26.5. The molecule has 6 fully saturated rings. The molecule has 6 saturated carbocycles. The standard InChI is InChI=1S/C114H125BN6O2/c1-112(2,3)76-62-85(72-34-14-10-15-35-72)110(86(63-76)73-36-16-11-17-37-73)120-101-70-81(116-93-44-24-22-42-83(93)89-68-79(56-60-95(89)116)118-97-46-26-30-50-105(97)122-106-51-31-27-47-98(106)118)54-58-91(101)115-92-59-55-82(117-94-45-25-23-43-84(94)90-69-80(57-61-96(90)117)119-99-48-28-32-52-107(99)123-108-53-33-29-49-100(108)119)71-102(92)121(104-67-78(114(7,8)9)66-103(120)109(104)115)111-87(74-38-18-12-19-39-74)64-77(113(4,5)6)65-88(111)75-40-20-13-21-41-75/h22-33,42-61,66-77,85-88,110-111H,10-21,34-41,62-65H2,1-9H3/i54D,55D,58D,59D,70D,71D. The Labute approximate surface area is 739 Å². The molecule has 0 radical (unpaired) electrons. The van der Waals surface area contributed by atoms with E-state index in [1.807, 2.05) is 48.5 Å². The zero-order valence-electron chi connectivity index (χ0n) is 80.0. The van der Waals surface area contributed by atoms with Gasteiger partial charge in [0.05, 0.1) is 53.0 Å². The van der Waals surface area contributed by atoms with Crippen LogP contribution in [0.5, 0.6) is 23.0 Å². The molecule has 0 bridgehead atoms. The number of hydrogen-bond donors (Lipinski definition) is 0. The summed E-state index contributed by atoms with van der Waals surface area (Å²) in [6.07, 6.45) is 28.1. The number of anilines is 10. The molecule has 123 heavy (non-hydrogen) atoms. The van der Waals surface area contributed by atoms with E-state index in [1.54, 1.807) is 0 Å². The third kappa shape index (κ3) is 13.0. The Kier molecular flexibility index (Phi) is 17.6. The molecule has 0 N–H and O–H groups in total. The van der Waals surface area contributed by atoms with Crippen molar-refractivity contribution in [2.45, 2.75) is 234 Å². The molecule has 11 aromatic carbocycles. The molecule has 4 aliphatic heterocycles. The van der Waals surface area contributed by atoms with E-state index < -0.39 is 12.1 Å². The van der Waals surface area contributed by atoms with E-state index in [0.29, 0.717) is 69.2 Å².